The molecule has 0 spiro atoms. The number of hydrogen-bond acceptors (Lipinski definition) is 4. The van der Waals surface area contributed by atoms with Crippen LogP contribution >= 0.6 is 0 Å². The van der Waals surface area contributed by atoms with E-state index >= 15 is 0 Å². The molecular formula is C15H17NO3. The van der Waals surface area contributed by atoms with Gasteiger partial charge in [-0.05, 0) is 51.1 Å². The van der Waals surface area contributed by atoms with Gasteiger partial charge < -0.3 is 14.5 Å². The summed E-state index contributed by atoms with van der Waals surface area (Å²) in [4.78, 5) is 11.9. The molecule has 1 aliphatic rings. The molecule has 4 heteroatoms. The van der Waals surface area contributed by atoms with Crippen molar-refractivity contribution in [1.82, 2.24) is 5.32 Å². The van der Waals surface area contributed by atoms with E-state index in [1.165, 1.54) is 6.07 Å². The molecule has 1 N–H and O–H groups in total. The van der Waals surface area contributed by atoms with Gasteiger partial charge in [-0.25, -0.2) is 0 Å². The molecule has 0 bridgehead atoms. The topological polar surface area (TPSA) is 51.5 Å². The van der Waals surface area contributed by atoms with Crippen LogP contribution in [-0.2, 0) is 0 Å². The van der Waals surface area contributed by atoms with Crippen molar-refractivity contribution in [3.05, 3.63) is 40.2 Å². The van der Waals surface area contributed by atoms with E-state index in [0.717, 1.165) is 31.7 Å². The molecule has 1 fully saturated rings. The van der Waals surface area contributed by atoms with Crippen molar-refractivity contribution in [1.29, 1.82) is 0 Å². The van der Waals surface area contributed by atoms with Crippen LogP contribution in [0.5, 0.6) is 5.75 Å². The first-order chi connectivity index (χ1) is 9.22. The van der Waals surface area contributed by atoms with Crippen molar-refractivity contribution < 1.29 is 9.15 Å². The molecule has 0 saturated carbocycles. The molecule has 2 heterocycles. The minimum atomic E-state index is -0.0190. The number of fused-ring (bicyclic) bond motifs is 1. The summed E-state index contributed by atoms with van der Waals surface area (Å²) in [6.07, 6.45) is 2.23. The van der Waals surface area contributed by atoms with Crippen molar-refractivity contribution in [2.45, 2.75) is 25.9 Å². The number of hydrogen-bond donors (Lipinski definition) is 1. The van der Waals surface area contributed by atoms with Gasteiger partial charge in [0.25, 0.3) is 0 Å². The summed E-state index contributed by atoms with van der Waals surface area (Å²) in [6, 6.07) is 6.96. The first-order valence-corrected chi connectivity index (χ1v) is 6.64. The van der Waals surface area contributed by atoms with Gasteiger partial charge in [-0.3, -0.25) is 4.79 Å². The number of piperidine rings is 1. The Morgan fingerprint density at radius 1 is 1.26 bits per heavy atom. The van der Waals surface area contributed by atoms with Gasteiger partial charge in [0.15, 0.2) is 5.43 Å². The molecule has 19 heavy (non-hydrogen) atoms. The van der Waals surface area contributed by atoms with Gasteiger partial charge in [0.2, 0.25) is 0 Å². The molecule has 2 aromatic rings. The Labute approximate surface area is 111 Å². The Kier molecular flexibility index (Phi) is 3.25. The third-order valence-corrected chi connectivity index (χ3v) is 3.41. The van der Waals surface area contributed by atoms with Gasteiger partial charge in [0.05, 0.1) is 5.39 Å². The average molecular weight is 259 g/mol. The first-order valence-electron chi connectivity index (χ1n) is 6.64. The highest BCUT2D eigenvalue weighted by Crippen LogP contribution is 2.21. The molecule has 0 unspecified atom stereocenters. The minimum Gasteiger partial charge on any atom is -0.490 e. The fourth-order valence-corrected chi connectivity index (χ4v) is 2.43. The van der Waals surface area contributed by atoms with Gasteiger partial charge in [0.1, 0.15) is 23.2 Å². The van der Waals surface area contributed by atoms with Crippen LogP contribution in [0, 0.1) is 6.92 Å². The lowest BCUT2D eigenvalue weighted by Gasteiger charge is -2.23. The van der Waals surface area contributed by atoms with Crippen molar-refractivity contribution in [2.24, 2.45) is 0 Å². The second-order valence-electron chi connectivity index (χ2n) is 4.95. The van der Waals surface area contributed by atoms with Gasteiger partial charge in [-0.2, -0.15) is 0 Å². The van der Waals surface area contributed by atoms with Crippen LogP contribution in [0.2, 0.25) is 0 Å². The molecule has 0 atom stereocenters. The van der Waals surface area contributed by atoms with E-state index in [1.807, 2.05) is 6.07 Å². The van der Waals surface area contributed by atoms with Crippen LogP contribution in [0.1, 0.15) is 18.6 Å². The zero-order valence-electron chi connectivity index (χ0n) is 10.9. The van der Waals surface area contributed by atoms with Gasteiger partial charge >= 0.3 is 0 Å². The molecule has 0 amide bonds. The maximum atomic E-state index is 11.9. The van der Waals surface area contributed by atoms with E-state index in [0.29, 0.717) is 16.7 Å². The summed E-state index contributed by atoms with van der Waals surface area (Å²) in [5, 5.41) is 3.88. The minimum absolute atomic E-state index is 0.0190. The molecule has 100 valence electrons. The van der Waals surface area contributed by atoms with E-state index in [1.54, 1.807) is 19.1 Å². The third-order valence-electron chi connectivity index (χ3n) is 3.41. The van der Waals surface area contributed by atoms with Crippen LogP contribution in [-0.4, -0.2) is 19.2 Å². The van der Waals surface area contributed by atoms with E-state index in [-0.39, 0.29) is 11.5 Å². The highest BCUT2D eigenvalue weighted by Gasteiger charge is 2.15. The fourth-order valence-electron chi connectivity index (χ4n) is 2.43. The van der Waals surface area contributed by atoms with Gasteiger partial charge in [-0.1, -0.05) is 0 Å². The molecule has 1 saturated heterocycles. The van der Waals surface area contributed by atoms with Crippen LogP contribution in [0.15, 0.2) is 33.5 Å². The average Bonchev–Trinajstić information content (AvgIpc) is 2.40. The second kappa shape index (κ2) is 5.05. The normalized spacial score (nSPS) is 16.7. The zero-order valence-corrected chi connectivity index (χ0v) is 10.9. The summed E-state index contributed by atoms with van der Waals surface area (Å²) in [5.74, 6) is 1.38. The molecular weight excluding hydrogens is 242 g/mol. The van der Waals surface area contributed by atoms with E-state index in [9.17, 15) is 4.79 Å². The second-order valence-corrected chi connectivity index (χ2v) is 4.95. The van der Waals surface area contributed by atoms with Crippen molar-refractivity contribution in [3.8, 4) is 5.75 Å². The Morgan fingerprint density at radius 3 is 2.84 bits per heavy atom. The molecule has 1 aromatic carbocycles. The van der Waals surface area contributed by atoms with Crippen LogP contribution in [0.4, 0.5) is 0 Å². The van der Waals surface area contributed by atoms with Crippen molar-refractivity contribution in [3.63, 3.8) is 0 Å². The monoisotopic (exact) mass is 259 g/mol. The predicted octanol–water partition coefficient (Wildman–Crippen LogP) is 2.23. The van der Waals surface area contributed by atoms with E-state index < -0.39 is 0 Å². The SMILES string of the molecule is Cc1cc(=O)c2cc(OC3CCNCC3)ccc2o1. The number of ether oxygens (including phenoxy) is 1. The first kappa shape index (κ1) is 12.2. The summed E-state index contributed by atoms with van der Waals surface area (Å²) < 4.78 is 11.4. The molecule has 0 aliphatic carbocycles. The maximum Gasteiger partial charge on any atom is 0.193 e. The number of nitrogens with one attached hydrogen (secondary N) is 1. The maximum absolute atomic E-state index is 11.9. The lowest BCUT2D eigenvalue weighted by atomic mass is 10.1. The molecule has 0 radical (unpaired) electrons. The smallest absolute Gasteiger partial charge is 0.193 e. The fraction of sp³-hybridized carbons (Fsp3) is 0.400. The summed E-state index contributed by atoms with van der Waals surface area (Å²) in [5.41, 5.74) is 0.595. The largest absolute Gasteiger partial charge is 0.490 e. The Bertz CT molecular complexity index is 641. The standard InChI is InChI=1S/C15H17NO3/c1-10-8-14(17)13-9-12(2-3-15(13)18-10)19-11-4-6-16-7-5-11/h2-3,8-9,11,16H,4-7H2,1H3. The summed E-state index contributed by atoms with van der Waals surface area (Å²) >= 11 is 0. The Balaban J connectivity index is 1.90. The number of aryl methyl sites for hydroxylation is 1. The number of benzene rings is 1. The lowest BCUT2D eigenvalue weighted by Crippen LogP contribution is -2.34. The summed E-state index contributed by atoms with van der Waals surface area (Å²) in [7, 11) is 0. The summed E-state index contributed by atoms with van der Waals surface area (Å²) in [6.45, 7) is 3.75. The highest BCUT2D eigenvalue weighted by molar-refractivity contribution is 5.78. The third kappa shape index (κ3) is 2.63. The zero-order chi connectivity index (χ0) is 13.2. The quantitative estimate of drug-likeness (QED) is 0.898. The van der Waals surface area contributed by atoms with Gasteiger partial charge in [-0.15, -0.1) is 0 Å². The van der Waals surface area contributed by atoms with Crippen molar-refractivity contribution >= 4 is 11.0 Å². The van der Waals surface area contributed by atoms with E-state index in [4.69, 9.17) is 9.15 Å². The number of rotatable bonds is 2. The van der Waals surface area contributed by atoms with Crippen LogP contribution in [0.25, 0.3) is 11.0 Å². The van der Waals surface area contributed by atoms with Gasteiger partial charge in [0, 0.05) is 6.07 Å². The highest BCUT2D eigenvalue weighted by atomic mass is 16.5. The molecule has 1 aromatic heterocycles. The van der Waals surface area contributed by atoms with Crippen LogP contribution < -0.4 is 15.5 Å². The Hall–Kier alpha value is -1.81. The predicted molar refractivity (Wildman–Crippen MR) is 73.7 cm³/mol. The molecule has 4 nitrogen and oxygen atoms in total. The van der Waals surface area contributed by atoms with E-state index in [2.05, 4.69) is 5.32 Å². The lowest BCUT2D eigenvalue weighted by molar-refractivity contribution is 0.162. The van der Waals surface area contributed by atoms with Crippen LogP contribution in [0.3, 0.4) is 0 Å². The molecule has 1 aliphatic heterocycles. The molecule has 3 rings (SSSR count). The Morgan fingerprint density at radius 2 is 2.05 bits per heavy atom. The van der Waals surface area contributed by atoms with Crippen molar-refractivity contribution in [2.75, 3.05) is 13.1 Å².